The lowest BCUT2D eigenvalue weighted by Gasteiger charge is -2.35. The van der Waals surface area contributed by atoms with Crippen LogP contribution in [0.25, 0.3) is 10.9 Å². The molecule has 0 aliphatic carbocycles. The Balaban J connectivity index is 1.44. The molecule has 3 heterocycles. The Morgan fingerprint density at radius 2 is 1.97 bits per heavy atom. The van der Waals surface area contributed by atoms with Crippen LogP contribution in [0.2, 0.25) is 0 Å². The number of amides is 2. The second kappa shape index (κ2) is 8.05. The summed E-state index contributed by atoms with van der Waals surface area (Å²) in [6.07, 6.45) is 4.43. The molecule has 2 aromatic heterocycles. The molecular weight excluding hydrogens is 414 g/mol. The van der Waals surface area contributed by atoms with E-state index < -0.39 is 22.0 Å². The number of fused-ring (bicyclic) bond motifs is 1. The average molecular weight is 434 g/mol. The van der Waals surface area contributed by atoms with Crippen LogP contribution in [-0.2, 0) is 17.8 Å². The van der Waals surface area contributed by atoms with Gasteiger partial charge in [-0.1, -0.05) is 6.07 Å². The number of nitrogens with zero attached hydrogens (tertiary/aromatic N) is 5. The number of hydrogen-bond acceptors (Lipinski definition) is 5. The van der Waals surface area contributed by atoms with Crippen LogP contribution >= 0.6 is 0 Å². The van der Waals surface area contributed by atoms with Crippen LogP contribution < -0.4 is 5.32 Å². The topological polar surface area (TPSA) is 93.0 Å². The lowest BCUT2D eigenvalue weighted by Crippen LogP contribution is -2.46. The Morgan fingerprint density at radius 1 is 1.20 bits per heavy atom. The Bertz CT molecular complexity index is 1080. The fourth-order valence-corrected chi connectivity index (χ4v) is 4.99. The van der Waals surface area contributed by atoms with Gasteiger partial charge in [-0.25, -0.2) is 9.00 Å². The SMILES string of the molecule is Cn1ncc2c(S(=O)C(F)(F)C3CCN(C(=O)Nc4ccnnc4)CC3)cccc21. The highest BCUT2D eigenvalue weighted by Gasteiger charge is 2.48. The number of anilines is 1. The van der Waals surface area contributed by atoms with E-state index in [1.54, 1.807) is 29.9 Å². The minimum atomic E-state index is -3.41. The first-order valence-corrected chi connectivity index (χ1v) is 10.6. The normalized spacial score (nSPS) is 16.6. The maximum atomic E-state index is 15.1. The van der Waals surface area contributed by atoms with Gasteiger partial charge < -0.3 is 10.2 Å². The molecule has 1 saturated heterocycles. The highest BCUT2D eigenvalue weighted by atomic mass is 32.2. The molecule has 2 amide bonds. The number of piperidine rings is 1. The first kappa shape index (κ1) is 20.3. The standard InChI is InChI=1S/C19H20F2N6O2S/c1-26-16-3-2-4-17(15(16)12-24-26)30(29)19(20,21)13-6-9-27(10-7-13)18(28)25-14-5-8-22-23-11-14/h2-5,8,11-13H,6-7,9-10H2,1H3,(H,22,25,28). The number of likely N-dealkylation sites (tertiary alicyclic amines) is 1. The van der Waals surface area contributed by atoms with Gasteiger partial charge in [-0.3, -0.25) is 4.68 Å². The zero-order chi connectivity index (χ0) is 21.3. The van der Waals surface area contributed by atoms with Gasteiger partial charge in [0.1, 0.15) is 10.8 Å². The van der Waals surface area contributed by atoms with E-state index in [1.165, 1.54) is 29.6 Å². The van der Waals surface area contributed by atoms with E-state index in [0.717, 1.165) is 0 Å². The van der Waals surface area contributed by atoms with Crippen LogP contribution in [0.4, 0.5) is 19.3 Å². The summed E-state index contributed by atoms with van der Waals surface area (Å²) < 4.78 is 44.7. The van der Waals surface area contributed by atoms with Crippen LogP contribution in [0.15, 0.2) is 47.8 Å². The van der Waals surface area contributed by atoms with E-state index >= 15 is 8.78 Å². The average Bonchev–Trinajstić information content (AvgIpc) is 3.15. The first-order valence-electron chi connectivity index (χ1n) is 9.41. The molecule has 0 saturated carbocycles. The van der Waals surface area contributed by atoms with E-state index in [2.05, 4.69) is 20.6 Å². The summed E-state index contributed by atoms with van der Waals surface area (Å²) in [5.74, 6) is -1.09. The van der Waals surface area contributed by atoms with Gasteiger partial charge >= 0.3 is 11.3 Å². The van der Waals surface area contributed by atoms with E-state index in [9.17, 15) is 9.00 Å². The molecule has 1 aliphatic rings. The zero-order valence-electron chi connectivity index (χ0n) is 16.2. The fraction of sp³-hybridized carbons (Fsp3) is 0.368. The van der Waals surface area contributed by atoms with Crippen molar-refractivity contribution in [2.24, 2.45) is 13.0 Å². The summed E-state index contributed by atoms with van der Waals surface area (Å²) in [5, 5.41) is 11.1. The molecule has 1 N–H and O–H groups in total. The molecule has 1 aliphatic heterocycles. The number of nitrogens with one attached hydrogen (secondary N) is 1. The van der Waals surface area contributed by atoms with Gasteiger partial charge in [0.25, 0.3) is 0 Å². The van der Waals surface area contributed by atoms with Crippen molar-refractivity contribution in [2.75, 3.05) is 18.4 Å². The molecule has 0 spiro atoms. The van der Waals surface area contributed by atoms with Gasteiger partial charge in [0, 0.05) is 31.4 Å². The molecule has 1 fully saturated rings. The molecule has 4 rings (SSSR count). The predicted molar refractivity (Wildman–Crippen MR) is 107 cm³/mol. The molecule has 11 heteroatoms. The summed E-state index contributed by atoms with van der Waals surface area (Å²) in [5.41, 5.74) is 1.13. The number of rotatable bonds is 4. The summed E-state index contributed by atoms with van der Waals surface area (Å²) in [7, 11) is -0.823. The van der Waals surface area contributed by atoms with Gasteiger partial charge in [-0.15, -0.1) is 0 Å². The maximum absolute atomic E-state index is 15.1. The van der Waals surface area contributed by atoms with Gasteiger partial charge in [0.05, 0.1) is 34.7 Å². The minimum Gasteiger partial charge on any atom is -0.325 e. The number of halogens is 2. The van der Waals surface area contributed by atoms with Crippen LogP contribution in [0, 0.1) is 5.92 Å². The predicted octanol–water partition coefficient (Wildman–Crippen LogP) is 3.01. The smallest absolute Gasteiger partial charge is 0.325 e. The van der Waals surface area contributed by atoms with Crippen LogP contribution in [0.1, 0.15) is 12.8 Å². The van der Waals surface area contributed by atoms with Crippen molar-refractivity contribution >= 4 is 33.4 Å². The molecule has 1 atom stereocenters. The number of aryl methyl sites for hydroxylation is 1. The first-order chi connectivity index (χ1) is 14.4. The Morgan fingerprint density at radius 3 is 2.67 bits per heavy atom. The monoisotopic (exact) mass is 434 g/mol. The lowest BCUT2D eigenvalue weighted by atomic mass is 9.97. The maximum Gasteiger partial charge on any atom is 0.328 e. The lowest BCUT2D eigenvalue weighted by molar-refractivity contribution is 0.00512. The van der Waals surface area contributed by atoms with E-state index in [4.69, 9.17) is 0 Å². The quantitative estimate of drug-likeness (QED) is 0.681. The van der Waals surface area contributed by atoms with Crippen molar-refractivity contribution in [2.45, 2.75) is 23.0 Å². The third kappa shape index (κ3) is 3.76. The van der Waals surface area contributed by atoms with Crippen molar-refractivity contribution in [3.05, 3.63) is 42.9 Å². The largest absolute Gasteiger partial charge is 0.328 e. The highest BCUT2D eigenvalue weighted by Crippen LogP contribution is 2.40. The number of alkyl halides is 2. The fourth-order valence-electron chi connectivity index (χ4n) is 3.60. The van der Waals surface area contributed by atoms with Crippen LogP contribution in [0.5, 0.6) is 0 Å². The zero-order valence-corrected chi connectivity index (χ0v) is 17.0. The molecule has 0 radical (unpaired) electrons. The molecule has 1 unspecified atom stereocenters. The molecular formula is C19H20F2N6O2S. The molecule has 30 heavy (non-hydrogen) atoms. The van der Waals surface area contributed by atoms with Crippen molar-refractivity contribution < 1.29 is 17.8 Å². The Labute approximate surface area is 173 Å². The van der Waals surface area contributed by atoms with Gasteiger partial charge in [-0.05, 0) is 31.0 Å². The number of aromatic nitrogens is 4. The number of carbonyl (C=O) groups excluding carboxylic acids is 1. The summed E-state index contributed by atoms with van der Waals surface area (Å²) >= 11 is 0. The minimum absolute atomic E-state index is 0.0593. The number of carbonyl (C=O) groups is 1. The van der Waals surface area contributed by atoms with Crippen molar-refractivity contribution in [1.29, 1.82) is 0 Å². The van der Waals surface area contributed by atoms with Crippen LogP contribution in [0.3, 0.4) is 0 Å². The van der Waals surface area contributed by atoms with Crippen molar-refractivity contribution in [3.63, 3.8) is 0 Å². The van der Waals surface area contributed by atoms with Gasteiger partial charge in [-0.2, -0.15) is 24.1 Å². The molecule has 3 aromatic rings. The molecule has 158 valence electrons. The van der Waals surface area contributed by atoms with Gasteiger partial charge in [0.15, 0.2) is 0 Å². The number of urea groups is 1. The van der Waals surface area contributed by atoms with Crippen LogP contribution in [-0.4, -0.2) is 53.5 Å². The second-order valence-corrected chi connectivity index (χ2v) is 8.63. The third-order valence-electron chi connectivity index (χ3n) is 5.29. The summed E-state index contributed by atoms with van der Waals surface area (Å²) in [6.45, 7) is 0.303. The Kier molecular flexibility index (Phi) is 5.46. The van der Waals surface area contributed by atoms with E-state index in [1.807, 2.05) is 0 Å². The number of benzene rings is 1. The third-order valence-corrected chi connectivity index (χ3v) is 6.87. The van der Waals surface area contributed by atoms with Crippen molar-refractivity contribution in [1.82, 2.24) is 24.9 Å². The summed E-state index contributed by atoms with van der Waals surface area (Å²) in [6, 6.07) is 6.02. The summed E-state index contributed by atoms with van der Waals surface area (Å²) in [4.78, 5) is 13.9. The molecule has 8 nitrogen and oxygen atoms in total. The second-order valence-electron chi connectivity index (χ2n) is 7.11. The number of hydrogen-bond donors (Lipinski definition) is 1. The van der Waals surface area contributed by atoms with E-state index in [-0.39, 0.29) is 36.9 Å². The molecule has 0 bridgehead atoms. The van der Waals surface area contributed by atoms with Crippen molar-refractivity contribution in [3.8, 4) is 0 Å². The highest BCUT2D eigenvalue weighted by molar-refractivity contribution is 7.86. The van der Waals surface area contributed by atoms with E-state index in [0.29, 0.717) is 16.6 Å². The van der Waals surface area contributed by atoms with Gasteiger partial charge in [0.2, 0.25) is 0 Å². The molecule has 1 aromatic carbocycles. The Hall–Kier alpha value is -2.95.